The smallest absolute Gasteiger partial charge is 0.0254 e. The highest BCUT2D eigenvalue weighted by molar-refractivity contribution is 7.61. The molecule has 0 bridgehead atoms. The van der Waals surface area contributed by atoms with Crippen LogP contribution in [0.2, 0.25) is 0 Å². The Morgan fingerprint density at radius 1 is 1.38 bits per heavy atom. The van der Waals surface area contributed by atoms with Crippen LogP contribution in [-0.2, 0) is 0 Å². The molecule has 1 unspecified atom stereocenters. The van der Waals surface area contributed by atoms with Crippen LogP contribution in [0.1, 0.15) is 20.3 Å². The summed E-state index contributed by atoms with van der Waals surface area (Å²) < 4.78 is 0. The van der Waals surface area contributed by atoms with Gasteiger partial charge in [0.15, 0.2) is 0 Å². The fraction of sp³-hybridized carbons (Fsp3) is 0.714. The fourth-order valence-corrected chi connectivity index (χ4v) is 2.78. The van der Waals surface area contributed by atoms with Crippen LogP contribution in [0.4, 0.5) is 0 Å². The lowest BCUT2D eigenvalue weighted by Gasteiger charge is -2.01. The zero-order valence-electron chi connectivity index (χ0n) is 5.86. The van der Waals surface area contributed by atoms with Crippen molar-refractivity contribution in [3.8, 4) is 0 Å². The van der Waals surface area contributed by atoms with Crippen molar-refractivity contribution in [1.82, 2.24) is 0 Å². The normalized spacial score (nSPS) is 29.6. The van der Waals surface area contributed by atoms with E-state index in [-0.39, 0.29) is 0 Å². The number of hydrogen-bond acceptors (Lipinski definition) is 0. The summed E-state index contributed by atoms with van der Waals surface area (Å²) in [5.41, 5.74) is 1.65. The van der Waals surface area contributed by atoms with E-state index in [4.69, 9.17) is 0 Å². The molecule has 1 heterocycles. The van der Waals surface area contributed by atoms with E-state index in [1.807, 2.05) is 0 Å². The third-order valence-corrected chi connectivity index (χ3v) is 4.43. The van der Waals surface area contributed by atoms with Crippen LogP contribution in [0.5, 0.6) is 0 Å². The lowest BCUT2D eigenvalue weighted by Crippen LogP contribution is -1.69. The maximum atomic E-state index is 2.38. The van der Waals surface area contributed by atoms with Gasteiger partial charge in [0.2, 0.25) is 0 Å². The molecule has 1 aliphatic rings. The second-order valence-electron chi connectivity index (χ2n) is 2.54. The molecule has 8 heavy (non-hydrogen) atoms. The van der Waals surface area contributed by atoms with Crippen LogP contribution < -0.4 is 0 Å². The van der Waals surface area contributed by atoms with E-state index in [2.05, 4.69) is 20.5 Å². The quantitative estimate of drug-likeness (QED) is 0.440. The highest BCUT2D eigenvalue weighted by atomic mass is 31.1. The number of allylic oxidation sites excluding steroid dienone is 2. The van der Waals surface area contributed by atoms with Crippen molar-refractivity contribution in [2.24, 2.45) is 0 Å². The van der Waals surface area contributed by atoms with Gasteiger partial charge in [0, 0.05) is 0 Å². The Hall–Kier alpha value is 0.170. The van der Waals surface area contributed by atoms with Gasteiger partial charge < -0.3 is 0 Å². The first-order valence-electron chi connectivity index (χ1n) is 3.09. The van der Waals surface area contributed by atoms with Crippen molar-refractivity contribution in [1.29, 1.82) is 0 Å². The summed E-state index contributed by atoms with van der Waals surface area (Å²) in [6.45, 7) is 6.93. The first-order chi connectivity index (χ1) is 3.72. The van der Waals surface area contributed by atoms with Crippen molar-refractivity contribution in [3.05, 3.63) is 10.9 Å². The van der Waals surface area contributed by atoms with Crippen LogP contribution in [0.25, 0.3) is 0 Å². The van der Waals surface area contributed by atoms with Crippen LogP contribution in [0, 0.1) is 0 Å². The summed E-state index contributed by atoms with van der Waals surface area (Å²) in [6.07, 6.45) is 2.82. The molecule has 0 spiro atoms. The molecule has 1 rings (SSSR count). The van der Waals surface area contributed by atoms with Gasteiger partial charge in [-0.15, -0.1) is 0 Å². The maximum Gasteiger partial charge on any atom is -0.0254 e. The Morgan fingerprint density at radius 2 is 2.00 bits per heavy atom. The van der Waals surface area contributed by atoms with E-state index in [1.54, 1.807) is 10.9 Å². The standard InChI is InChI=1S/C7H13P/c1-6-4-5-8(3)7(6)2/h4-5H2,1-3H3. The van der Waals surface area contributed by atoms with Crippen molar-refractivity contribution < 1.29 is 0 Å². The van der Waals surface area contributed by atoms with Crippen molar-refractivity contribution in [2.45, 2.75) is 20.3 Å². The van der Waals surface area contributed by atoms with E-state index < -0.39 is 0 Å². The van der Waals surface area contributed by atoms with Crippen LogP contribution in [0.3, 0.4) is 0 Å². The molecule has 0 N–H and O–H groups in total. The minimum absolute atomic E-state index is 0.314. The molecule has 0 nitrogen and oxygen atoms in total. The molecule has 0 aliphatic carbocycles. The lowest BCUT2D eigenvalue weighted by atomic mass is 10.2. The fourth-order valence-electron chi connectivity index (χ4n) is 1.01. The third-order valence-electron chi connectivity index (χ3n) is 2.01. The van der Waals surface area contributed by atoms with Gasteiger partial charge in [-0.05, 0) is 33.1 Å². The maximum absolute atomic E-state index is 2.38. The first-order valence-corrected chi connectivity index (χ1v) is 5.06. The molecule has 1 heteroatoms. The molecule has 0 aromatic carbocycles. The monoisotopic (exact) mass is 128 g/mol. The van der Waals surface area contributed by atoms with Crippen molar-refractivity contribution in [2.75, 3.05) is 12.8 Å². The van der Waals surface area contributed by atoms with Crippen LogP contribution >= 0.6 is 7.92 Å². The highest BCUT2D eigenvalue weighted by Gasteiger charge is 2.13. The predicted molar refractivity (Wildman–Crippen MR) is 40.7 cm³/mol. The van der Waals surface area contributed by atoms with Gasteiger partial charge >= 0.3 is 0 Å². The number of hydrogen-bond donors (Lipinski definition) is 0. The van der Waals surface area contributed by atoms with Gasteiger partial charge in [-0.2, -0.15) is 0 Å². The Labute approximate surface area is 52.7 Å². The van der Waals surface area contributed by atoms with Gasteiger partial charge in [-0.3, -0.25) is 0 Å². The van der Waals surface area contributed by atoms with Crippen molar-refractivity contribution >= 4 is 7.92 Å². The summed E-state index contributed by atoms with van der Waals surface area (Å²) in [5.74, 6) is 0. The average molecular weight is 128 g/mol. The highest BCUT2D eigenvalue weighted by Crippen LogP contribution is 2.49. The van der Waals surface area contributed by atoms with Gasteiger partial charge in [-0.25, -0.2) is 0 Å². The van der Waals surface area contributed by atoms with Gasteiger partial charge in [0.25, 0.3) is 0 Å². The zero-order valence-corrected chi connectivity index (χ0v) is 6.76. The molecular formula is C7H13P. The lowest BCUT2D eigenvalue weighted by molar-refractivity contribution is 1.13. The topological polar surface area (TPSA) is 0 Å². The molecule has 1 aliphatic heterocycles. The number of rotatable bonds is 0. The average Bonchev–Trinajstić information content (AvgIpc) is 1.98. The van der Waals surface area contributed by atoms with Crippen molar-refractivity contribution in [3.63, 3.8) is 0 Å². The molecule has 0 saturated carbocycles. The molecule has 0 saturated heterocycles. The SMILES string of the molecule is CC1=C(C)P(C)CC1. The van der Waals surface area contributed by atoms with E-state index in [0.717, 1.165) is 0 Å². The Morgan fingerprint density at radius 3 is 2.12 bits per heavy atom. The Bertz CT molecular complexity index is 124. The summed E-state index contributed by atoms with van der Waals surface area (Å²) >= 11 is 0. The van der Waals surface area contributed by atoms with E-state index in [9.17, 15) is 0 Å². The molecule has 0 fully saturated rings. The van der Waals surface area contributed by atoms with Crippen LogP contribution in [0.15, 0.2) is 10.9 Å². The summed E-state index contributed by atoms with van der Waals surface area (Å²) in [7, 11) is 0.314. The minimum Gasteiger partial charge on any atom is -0.0830 e. The molecule has 0 amide bonds. The summed E-state index contributed by atoms with van der Waals surface area (Å²) in [5, 5.41) is 1.69. The molecular weight excluding hydrogens is 115 g/mol. The second kappa shape index (κ2) is 2.19. The van der Waals surface area contributed by atoms with Gasteiger partial charge in [-0.1, -0.05) is 18.8 Å². The van der Waals surface area contributed by atoms with E-state index in [1.165, 1.54) is 12.6 Å². The van der Waals surface area contributed by atoms with Crippen LogP contribution in [-0.4, -0.2) is 12.8 Å². The van der Waals surface area contributed by atoms with E-state index >= 15 is 0 Å². The van der Waals surface area contributed by atoms with Gasteiger partial charge in [0.1, 0.15) is 0 Å². The van der Waals surface area contributed by atoms with E-state index in [0.29, 0.717) is 7.92 Å². The summed E-state index contributed by atoms with van der Waals surface area (Å²) in [6, 6.07) is 0. The molecule has 0 radical (unpaired) electrons. The largest absolute Gasteiger partial charge is 0.0830 e. The summed E-state index contributed by atoms with van der Waals surface area (Å²) in [4.78, 5) is 0. The molecule has 1 atom stereocenters. The minimum atomic E-state index is 0.314. The molecule has 46 valence electrons. The first kappa shape index (κ1) is 6.29. The molecule has 0 aromatic rings. The Kier molecular flexibility index (Phi) is 1.72. The zero-order chi connectivity index (χ0) is 6.15. The third kappa shape index (κ3) is 0.951. The predicted octanol–water partition coefficient (Wildman–Crippen LogP) is 2.80. The Balaban J connectivity index is 2.71. The van der Waals surface area contributed by atoms with Gasteiger partial charge in [0.05, 0.1) is 0 Å². The second-order valence-corrected chi connectivity index (χ2v) is 5.05. The molecule has 0 aromatic heterocycles.